The molecule has 0 spiro atoms. The Morgan fingerprint density at radius 2 is 1.91 bits per heavy atom. The van der Waals surface area contributed by atoms with Gasteiger partial charge in [0, 0.05) is 32.8 Å². The maximum Gasteiger partial charge on any atom is 0.318 e. The van der Waals surface area contributed by atoms with Crippen LogP contribution >= 0.6 is 0 Å². The van der Waals surface area contributed by atoms with Crippen molar-refractivity contribution in [2.75, 3.05) is 44.3 Å². The van der Waals surface area contributed by atoms with Gasteiger partial charge in [0.2, 0.25) is 0 Å². The first-order valence-electron chi connectivity index (χ1n) is 8.11. The van der Waals surface area contributed by atoms with E-state index >= 15 is 0 Å². The number of urea groups is 1. The number of hydrogen-bond acceptors (Lipinski definition) is 4. The number of phenols is 1. The highest BCUT2D eigenvalue weighted by Crippen LogP contribution is 2.27. The van der Waals surface area contributed by atoms with Gasteiger partial charge in [0.05, 0.1) is 17.8 Å². The summed E-state index contributed by atoms with van der Waals surface area (Å²) in [5, 5.41) is 12.9. The Morgan fingerprint density at radius 3 is 2.52 bits per heavy atom. The van der Waals surface area contributed by atoms with Crippen LogP contribution in [0, 0.1) is 0 Å². The number of rotatable bonds is 5. The standard InChI is InChI=1S/C17H27N3O3/c1-4-23-13-17(2,3)18-16(22)20-11-9-19(10-12-20)14-7-5-6-8-15(14)21/h5-8,21H,4,9-13H2,1-3H3,(H,18,22). The van der Waals surface area contributed by atoms with Crippen molar-refractivity contribution in [1.29, 1.82) is 0 Å². The minimum Gasteiger partial charge on any atom is -0.506 e. The highest BCUT2D eigenvalue weighted by Gasteiger charge is 2.27. The number of hydrogen-bond donors (Lipinski definition) is 2. The summed E-state index contributed by atoms with van der Waals surface area (Å²) in [6, 6.07) is 7.24. The molecule has 2 amide bonds. The normalized spacial score (nSPS) is 15.6. The van der Waals surface area contributed by atoms with Gasteiger partial charge in [-0.1, -0.05) is 12.1 Å². The number of carbonyl (C=O) groups is 1. The molecule has 6 heteroatoms. The largest absolute Gasteiger partial charge is 0.506 e. The van der Waals surface area contributed by atoms with Gasteiger partial charge < -0.3 is 25.0 Å². The predicted octanol–water partition coefficient (Wildman–Crippen LogP) is 2.04. The first-order valence-corrected chi connectivity index (χ1v) is 8.11. The van der Waals surface area contributed by atoms with Crippen LogP contribution in [0.25, 0.3) is 0 Å². The second-order valence-corrected chi connectivity index (χ2v) is 6.41. The third kappa shape index (κ3) is 4.76. The van der Waals surface area contributed by atoms with Crippen molar-refractivity contribution in [3.63, 3.8) is 0 Å². The molecule has 0 aliphatic carbocycles. The SMILES string of the molecule is CCOCC(C)(C)NC(=O)N1CCN(c2ccccc2O)CC1. The van der Waals surface area contributed by atoms with E-state index in [1.54, 1.807) is 6.07 Å². The number of ether oxygens (including phenoxy) is 1. The number of nitrogens with one attached hydrogen (secondary N) is 1. The average Bonchev–Trinajstić information content (AvgIpc) is 2.53. The summed E-state index contributed by atoms with van der Waals surface area (Å²) in [7, 11) is 0. The molecule has 0 radical (unpaired) electrons. The van der Waals surface area contributed by atoms with Crippen LogP contribution in [-0.2, 0) is 4.74 Å². The van der Waals surface area contributed by atoms with Gasteiger partial charge in [0.1, 0.15) is 5.75 Å². The van der Waals surface area contributed by atoms with Crippen molar-refractivity contribution in [2.45, 2.75) is 26.3 Å². The molecule has 1 saturated heterocycles. The lowest BCUT2D eigenvalue weighted by atomic mass is 10.1. The molecular formula is C17H27N3O3. The van der Waals surface area contributed by atoms with E-state index in [0.717, 1.165) is 5.69 Å². The Hall–Kier alpha value is -1.95. The summed E-state index contributed by atoms with van der Waals surface area (Å²) in [4.78, 5) is 16.3. The zero-order valence-corrected chi connectivity index (χ0v) is 14.2. The van der Waals surface area contributed by atoms with Crippen molar-refractivity contribution in [3.05, 3.63) is 24.3 Å². The monoisotopic (exact) mass is 321 g/mol. The summed E-state index contributed by atoms with van der Waals surface area (Å²) in [5.74, 6) is 0.281. The van der Waals surface area contributed by atoms with Crippen LogP contribution in [0.15, 0.2) is 24.3 Å². The van der Waals surface area contributed by atoms with E-state index in [-0.39, 0.29) is 17.3 Å². The molecule has 1 fully saturated rings. The molecule has 1 heterocycles. The van der Waals surface area contributed by atoms with E-state index in [1.807, 2.05) is 43.9 Å². The van der Waals surface area contributed by atoms with Crippen molar-refractivity contribution in [1.82, 2.24) is 10.2 Å². The Balaban J connectivity index is 1.86. The fourth-order valence-corrected chi connectivity index (χ4v) is 2.64. The van der Waals surface area contributed by atoms with Crippen LogP contribution in [0.3, 0.4) is 0 Å². The molecular weight excluding hydrogens is 294 g/mol. The van der Waals surface area contributed by atoms with E-state index in [1.165, 1.54) is 0 Å². The number of anilines is 1. The molecule has 128 valence electrons. The van der Waals surface area contributed by atoms with Gasteiger partial charge in [0.25, 0.3) is 0 Å². The van der Waals surface area contributed by atoms with Crippen LogP contribution in [-0.4, -0.2) is 61.0 Å². The molecule has 0 saturated carbocycles. The van der Waals surface area contributed by atoms with Crippen LogP contribution < -0.4 is 10.2 Å². The molecule has 2 N–H and O–H groups in total. The van der Waals surface area contributed by atoms with Crippen LogP contribution in [0.1, 0.15) is 20.8 Å². The minimum atomic E-state index is -0.387. The molecule has 1 aliphatic rings. The summed E-state index contributed by atoms with van der Waals surface area (Å²) < 4.78 is 5.41. The number of piperazine rings is 1. The summed E-state index contributed by atoms with van der Waals surface area (Å²) in [5.41, 5.74) is 0.436. The van der Waals surface area contributed by atoms with Gasteiger partial charge in [0.15, 0.2) is 0 Å². The van der Waals surface area contributed by atoms with Gasteiger partial charge in [-0.25, -0.2) is 4.79 Å². The number of para-hydroxylation sites is 2. The lowest BCUT2D eigenvalue weighted by Gasteiger charge is -2.38. The van der Waals surface area contributed by atoms with E-state index in [0.29, 0.717) is 39.4 Å². The molecule has 0 bridgehead atoms. The molecule has 0 unspecified atom stereocenters. The van der Waals surface area contributed by atoms with Gasteiger partial charge >= 0.3 is 6.03 Å². The van der Waals surface area contributed by atoms with E-state index in [2.05, 4.69) is 10.2 Å². The number of carbonyl (C=O) groups excluding carboxylic acids is 1. The lowest BCUT2D eigenvalue weighted by Crippen LogP contribution is -2.57. The molecule has 6 nitrogen and oxygen atoms in total. The number of benzene rings is 1. The molecule has 1 aromatic rings. The second kappa shape index (κ2) is 7.55. The van der Waals surface area contributed by atoms with E-state index in [9.17, 15) is 9.90 Å². The van der Waals surface area contributed by atoms with E-state index in [4.69, 9.17) is 4.74 Å². The van der Waals surface area contributed by atoms with Gasteiger partial charge in [-0.2, -0.15) is 0 Å². The first kappa shape index (κ1) is 17.4. The Labute approximate surface area is 138 Å². The number of phenolic OH excluding ortho intramolecular Hbond substituents is 1. The Morgan fingerprint density at radius 1 is 1.26 bits per heavy atom. The zero-order chi connectivity index (χ0) is 16.9. The second-order valence-electron chi connectivity index (χ2n) is 6.41. The Bertz CT molecular complexity index is 526. The third-order valence-corrected chi connectivity index (χ3v) is 3.90. The quantitative estimate of drug-likeness (QED) is 0.871. The number of amides is 2. The van der Waals surface area contributed by atoms with Crippen molar-refractivity contribution >= 4 is 11.7 Å². The van der Waals surface area contributed by atoms with Gasteiger partial charge in [-0.3, -0.25) is 0 Å². The number of aromatic hydroxyl groups is 1. The van der Waals surface area contributed by atoms with Crippen molar-refractivity contribution in [3.8, 4) is 5.75 Å². The predicted molar refractivity (Wildman–Crippen MR) is 91.0 cm³/mol. The highest BCUT2D eigenvalue weighted by molar-refractivity contribution is 5.75. The first-order chi connectivity index (χ1) is 10.9. The van der Waals surface area contributed by atoms with Crippen LogP contribution in [0.5, 0.6) is 5.75 Å². The number of nitrogens with zero attached hydrogens (tertiary/aromatic N) is 2. The molecule has 1 aromatic carbocycles. The van der Waals surface area contributed by atoms with Crippen molar-refractivity contribution in [2.24, 2.45) is 0 Å². The third-order valence-electron chi connectivity index (χ3n) is 3.90. The minimum absolute atomic E-state index is 0.0633. The van der Waals surface area contributed by atoms with Gasteiger partial charge in [-0.15, -0.1) is 0 Å². The molecule has 1 aliphatic heterocycles. The summed E-state index contributed by atoms with van der Waals surface area (Å²) in [6.45, 7) is 9.66. The fourth-order valence-electron chi connectivity index (χ4n) is 2.64. The topological polar surface area (TPSA) is 65.0 Å². The van der Waals surface area contributed by atoms with Crippen molar-refractivity contribution < 1.29 is 14.6 Å². The smallest absolute Gasteiger partial charge is 0.318 e. The molecule has 0 atom stereocenters. The van der Waals surface area contributed by atoms with Crippen LogP contribution in [0.2, 0.25) is 0 Å². The molecule has 2 rings (SSSR count). The Kier molecular flexibility index (Phi) is 5.71. The van der Waals surface area contributed by atoms with E-state index < -0.39 is 0 Å². The fraction of sp³-hybridized carbons (Fsp3) is 0.588. The zero-order valence-electron chi connectivity index (χ0n) is 14.2. The van der Waals surface area contributed by atoms with Crippen LogP contribution in [0.4, 0.5) is 10.5 Å². The maximum absolute atomic E-state index is 12.4. The highest BCUT2D eigenvalue weighted by atomic mass is 16.5. The lowest BCUT2D eigenvalue weighted by molar-refractivity contribution is 0.0906. The maximum atomic E-state index is 12.4. The summed E-state index contributed by atoms with van der Waals surface area (Å²) >= 11 is 0. The summed E-state index contributed by atoms with van der Waals surface area (Å²) in [6.07, 6.45) is 0. The average molecular weight is 321 g/mol. The molecule has 0 aromatic heterocycles. The molecule has 23 heavy (non-hydrogen) atoms. The van der Waals surface area contributed by atoms with Gasteiger partial charge in [-0.05, 0) is 32.9 Å².